The number of likely N-dealkylation sites (N-methyl/N-ethyl adjacent to an activating group) is 1. The van der Waals surface area contributed by atoms with Crippen LogP contribution in [-0.2, 0) is 11.3 Å². The molecule has 1 aliphatic rings. The Morgan fingerprint density at radius 1 is 1.04 bits per heavy atom. The fourth-order valence-corrected chi connectivity index (χ4v) is 6.07. The van der Waals surface area contributed by atoms with Crippen LogP contribution in [0, 0.1) is 5.92 Å². The van der Waals surface area contributed by atoms with Gasteiger partial charge in [0.05, 0.1) is 47.6 Å². The molecule has 0 aliphatic carbocycles. The van der Waals surface area contributed by atoms with Gasteiger partial charge in [0.25, 0.3) is 5.91 Å². The zero-order valence-corrected chi connectivity index (χ0v) is 30.4. The Labute approximate surface area is 299 Å². The van der Waals surface area contributed by atoms with Crippen molar-refractivity contribution in [2.75, 3.05) is 51.1 Å². The summed E-state index contributed by atoms with van der Waals surface area (Å²) in [7, 11) is 3.60. The Balaban J connectivity index is 1.57. The summed E-state index contributed by atoms with van der Waals surface area (Å²) in [5.41, 5.74) is 2.34. The number of amides is 3. The summed E-state index contributed by atoms with van der Waals surface area (Å²) in [5.74, 6) is 0.702. The lowest BCUT2D eigenvalue weighted by molar-refractivity contribution is -0.0177. The van der Waals surface area contributed by atoms with E-state index >= 15 is 0 Å². The molecule has 3 aromatic rings. The number of rotatable bonds is 9. The molecule has 1 heterocycles. The Bertz CT molecular complexity index is 1540. The zero-order chi connectivity index (χ0) is 35.5. The lowest BCUT2D eigenvalue weighted by atomic mass is 10.0. The first-order valence-corrected chi connectivity index (χ1v) is 17.4. The highest BCUT2D eigenvalue weighted by Crippen LogP contribution is 2.29. The third-order valence-electron chi connectivity index (χ3n) is 8.59. The molecule has 12 heteroatoms. The fourth-order valence-electron chi connectivity index (χ4n) is 5.75. The summed E-state index contributed by atoms with van der Waals surface area (Å²) < 4.78 is 18.0. The van der Waals surface area contributed by atoms with Crippen molar-refractivity contribution in [1.29, 1.82) is 0 Å². The van der Waals surface area contributed by atoms with Gasteiger partial charge in [0.1, 0.15) is 11.5 Å². The number of benzene rings is 3. The van der Waals surface area contributed by atoms with Gasteiger partial charge in [-0.15, -0.1) is 0 Å². The van der Waals surface area contributed by atoms with E-state index in [4.69, 9.17) is 37.4 Å². The molecule has 0 saturated heterocycles. The number of carbonyl (C=O) groups excluding carboxylic acids is 2. The number of nitrogens with one attached hydrogen (secondary N) is 2. The zero-order valence-electron chi connectivity index (χ0n) is 28.9. The topological polar surface area (TPSA) is 113 Å². The van der Waals surface area contributed by atoms with Gasteiger partial charge in [-0.3, -0.25) is 9.69 Å². The standard InChI is InChI=1S/C37H48Cl2N4O6/c1-24-20-43(25(2)23-44)36(45)31-19-29(41-37(46)40-28-10-13-30(47-5)14-11-28)12-16-34(31)49-26(3)8-6-7-17-48-35(24)22-42(4)21-27-9-15-32(38)33(39)18-27/h9-16,18-19,24-26,35,44H,6-8,17,20-23H2,1-5H3,(H2,40,41,46)/t24-,25+,26+,35+/m0/s1. The summed E-state index contributed by atoms with van der Waals surface area (Å²) in [6, 6.07) is 16.7. The third-order valence-corrected chi connectivity index (χ3v) is 9.32. The van der Waals surface area contributed by atoms with Gasteiger partial charge in [0, 0.05) is 43.5 Å². The number of methoxy groups -OCH3 is 1. The smallest absolute Gasteiger partial charge is 0.323 e. The van der Waals surface area contributed by atoms with E-state index in [-0.39, 0.29) is 30.6 Å². The number of hydrogen-bond donors (Lipinski definition) is 3. The summed E-state index contributed by atoms with van der Waals surface area (Å²) in [6.45, 7) is 7.80. The largest absolute Gasteiger partial charge is 0.497 e. The van der Waals surface area contributed by atoms with Crippen molar-refractivity contribution in [2.45, 2.75) is 64.8 Å². The molecular formula is C37H48Cl2N4O6. The molecule has 1 aliphatic heterocycles. The molecule has 4 rings (SSSR count). The number of nitrogens with zero attached hydrogens (tertiary/aromatic N) is 2. The Morgan fingerprint density at radius 3 is 2.45 bits per heavy atom. The van der Waals surface area contributed by atoms with E-state index in [0.29, 0.717) is 64.7 Å². The van der Waals surface area contributed by atoms with Crippen molar-refractivity contribution in [2.24, 2.45) is 5.92 Å². The van der Waals surface area contributed by atoms with E-state index < -0.39 is 12.1 Å². The summed E-state index contributed by atoms with van der Waals surface area (Å²) in [5, 5.41) is 16.9. The Morgan fingerprint density at radius 2 is 1.76 bits per heavy atom. The second kappa shape index (κ2) is 18.5. The van der Waals surface area contributed by atoms with E-state index in [2.05, 4.69) is 22.5 Å². The molecule has 266 valence electrons. The molecule has 0 saturated carbocycles. The maximum Gasteiger partial charge on any atom is 0.323 e. The van der Waals surface area contributed by atoms with Crippen molar-refractivity contribution < 1.29 is 28.9 Å². The maximum absolute atomic E-state index is 14.4. The lowest BCUT2D eigenvalue weighted by Crippen LogP contribution is -2.47. The summed E-state index contributed by atoms with van der Waals surface area (Å²) >= 11 is 12.4. The van der Waals surface area contributed by atoms with Crippen LogP contribution in [-0.4, -0.2) is 85.6 Å². The van der Waals surface area contributed by atoms with Crippen molar-refractivity contribution in [3.8, 4) is 11.5 Å². The van der Waals surface area contributed by atoms with E-state index in [1.165, 1.54) is 0 Å². The van der Waals surface area contributed by atoms with Gasteiger partial charge < -0.3 is 34.9 Å². The molecule has 0 aromatic heterocycles. The molecule has 0 radical (unpaired) electrons. The van der Waals surface area contributed by atoms with Gasteiger partial charge in [-0.25, -0.2) is 4.79 Å². The highest BCUT2D eigenvalue weighted by atomic mass is 35.5. The quantitative estimate of drug-likeness (QED) is 0.210. The first-order chi connectivity index (χ1) is 23.5. The fraction of sp³-hybridized carbons (Fsp3) is 0.459. The average Bonchev–Trinajstić information content (AvgIpc) is 3.08. The lowest BCUT2D eigenvalue weighted by Gasteiger charge is -2.36. The van der Waals surface area contributed by atoms with Crippen molar-refractivity contribution >= 4 is 46.5 Å². The molecule has 0 spiro atoms. The normalized spacial score (nSPS) is 19.7. The highest BCUT2D eigenvalue weighted by molar-refractivity contribution is 6.42. The Kier molecular flexibility index (Phi) is 14.4. The van der Waals surface area contributed by atoms with Gasteiger partial charge >= 0.3 is 6.03 Å². The molecule has 49 heavy (non-hydrogen) atoms. The third kappa shape index (κ3) is 11.2. The number of aliphatic hydroxyl groups is 1. The molecule has 0 bridgehead atoms. The van der Waals surface area contributed by atoms with Gasteiger partial charge in [-0.05, 0) is 100 Å². The van der Waals surface area contributed by atoms with Crippen molar-refractivity contribution in [3.63, 3.8) is 0 Å². The van der Waals surface area contributed by atoms with Crippen LogP contribution in [0.3, 0.4) is 0 Å². The van der Waals surface area contributed by atoms with Gasteiger partial charge in [-0.2, -0.15) is 0 Å². The van der Waals surface area contributed by atoms with Crippen LogP contribution in [0.1, 0.15) is 56.0 Å². The van der Waals surface area contributed by atoms with E-state index in [0.717, 1.165) is 24.8 Å². The van der Waals surface area contributed by atoms with Gasteiger partial charge in [-0.1, -0.05) is 36.2 Å². The van der Waals surface area contributed by atoms with Crippen LogP contribution in [0.25, 0.3) is 0 Å². The minimum atomic E-state index is -0.488. The average molecular weight is 716 g/mol. The number of carbonyl (C=O) groups is 2. The van der Waals surface area contributed by atoms with E-state index in [1.54, 1.807) is 60.5 Å². The van der Waals surface area contributed by atoms with Crippen LogP contribution in [0.5, 0.6) is 11.5 Å². The van der Waals surface area contributed by atoms with Crippen LogP contribution in [0.15, 0.2) is 60.7 Å². The predicted molar refractivity (Wildman–Crippen MR) is 195 cm³/mol. The number of fused-ring (bicyclic) bond motifs is 1. The van der Waals surface area contributed by atoms with E-state index in [9.17, 15) is 14.7 Å². The first-order valence-electron chi connectivity index (χ1n) is 16.7. The Hall–Kier alpha value is -3.54. The number of ether oxygens (including phenoxy) is 3. The van der Waals surface area contributed by atoms with Crippen LogP contribution >= 0.6 is 23.2 Å². The van der Waals surface area contributed by atoms with Crippen molar-refractivity contribution in [1.82, 2.24) is 9.80 Å². The van der Waals surface area contributed by atoms with Crippen molar-refractivity contribution in [3.05, 3.63) is 81.8 Å². The van der Waals surface area contributed by atoms with Crippen LogP contribution in [0.2, 0.25) is 10.0 Å². The molecular weight excluding hydrogens is 667 g/mol. The summed E-state index contributed by atoms with van der Waals surface area (Å²) in [6.07, 6.45) is 2.17. The molecule has 10 nitrogen and oxygen atoms in total. The second-order valence-electron chi connectivity index (χ2n) is 12.8. The number of urea groups is 1. The minimum absolute atomic E-state index is 0.0861. The SMILES string of the molecule is COc1ccc(NC(=O)Nc2ccc3c(c2)C(=O)N([C@H](C)CO)C[C@H](C)[C@@H](CN(C)Cc2ccc(Cl)c(Cl)c2)OCCCC[C@@H](C)O3)cc1. The molecule has 3 amide bonds. The number of halogens is 2. The maximum atomic E-state index is 14.4. The van der Waals surface area contributed by atoms with Gasteiger partial charge in [0.15, 0.2) is 0 Å². The van der Waals surface area contributed by atoms with Crippen LogP contribution in [0.4, 0.5) is 16.2 Å². The van der Waals surface area contributed by atoms with Crippen LogP contribution < -0.4 is 20.1 Å². The monoisotopic (exact) mass is 714 g/mol. The number of hydrogen-bond acceptors (Lipinski definition) is 7. The van der Waals surface area contributed by atoms with Gasteiger partial charge in [0.2, 0.25) is 0 Å². The predicted octanol–water partition coefficient (Wildman–Crippen LogP) is 7.57. The molecule has 4 atom stereocenters. The second-order valence-corrected chi connectivity index (χ2v) is 13.6. The molecule has 3 aromatic carbocycles. The number of aliphatic hydroxyl groups excluding tert-OH is 1. The highest BCUT2D eigenvalue weighted by Gasteiger charge is 2.30. The first kappa shape index (κ1) is 38.3. The minimum Gasteiger partial charge on any atom is -0.497 e. The molecule has 0 unspecified atom stereocenters. The van der Waals surface area contributed by atoms with E-state index in [1.807, 2.05) is 33.0 Å². The molecule has 0 fully saturated rings. The number of anilines is 2. The summed E-state index contributed by atoms with van der Waals surface area (Å²) in [4.78, 5) is 31.1. The molecule has 3 N–H and O–H groups in total.